The number of ether oxygens (including phenoxy) is 1. The maximum Gasteiger partial charge on any atom is 0.308 e. The zero-order valence-electron chi connectivity index (χ0n) is 9.12. The van der Waals surface area contributed by atoms with Gasteiger partial charge in [0.05, 0.1) is 0 Å². The fourth-order valence-electron chi connectivity index (χ4n) is 1.97. The molecule has 0 saturated heterocycles. The molecular formula is C12H15NO2. The third-order valence-electron chi connectivity index (χ3n) is 2.67. The number of hydrogen-bond donors (Lipinski definition) is 0. The molecule has 0 aromatic heterocycles. The molecule has 1 aromatic rings. The highest BCUT2D eigenvalue weighted by Gasteiger charge is 2.17. The maximum absolute atomic E-state index is 10.9. The maximum atomic E-state index is 10.9. The van der Waals surface area contributed by atoms with Crippen LogP contribution in [0.5, 0.6) is 5.75 Å². The molecule has 0 bridgehead atoms. The predicted molar refractivity (Wildman–Crippen MR) is 57.8 cm³/mol. The lowest BCUT2D eigenvalue weighted by atomic mass is 9.99. The van der Waals surface area contributed by atoms with E-state index in [2.05, 4.69) is 18.0 Å². The quantitative estimate of drug-likeness (QED) is 0.515. The van der Waals surface area contributed by atoms with Gasteiger partial charge in [0, 0.05) is 25.6 Å². The van der Waals surface area contributed by atoms with Gasteiger partial charge in [-0.3, -0.25) is 4.79 Å². The van der Waals surface area contributed by atoms with Crippen LogP contribution < -0.4 is 4.74 Å². The third kappa shape index (κ3) is 2.18. The van der Waals surface area contributed by atoms with E-state index in [0.717, 1.165) is 25.3 Å². The van der Waals surface area contributed by atoms with Crippen molar-refractivity contribution in [2.75, 3.05) is 13.6 Å². The summed E-state index contributed by atoms with van der Waals surface area (Å²) in [6.45, 7) is 3.39. The molecule has 0 N–H and O–H groups in total. The second-order valence-corrected chi connectivity index (χ2v) is 3.98. The first-order valence-electron chi connectivity index (χ1n) is 5.14. The van der Waals surface area contributed by atoms with Crippen molar-refractivity contribution in [1.82, 2.24) is 4.90 Å². The smallest absolute Gasteiger partial charge is 0.308 e. The summed E-state index contributed by atoms with van der Waals surface area (Å²) >= 11 is 0. The Hall–Kier alpha value is -1.35. The molecule has 0 fully saturated rings. The zero-order valence-corrected chi connectivity index (χ0v) is 9.12. The molecule has 0 atom stereocenters. The lowest BCUT2D eigenvalue weighted by Crippen LogP contribution is -2.27. The van der Waals surface area contributed by atoms with Crippen LogP contribution >= 0.6 is 0 Å². The molecule has 0 unspecified atom stereocenters. The van der Waals surface area contributed by atoms with Crippen LogP contribution in [-0.4, -0.2) is 24.5 Å². The second-order valence-electron chi connectivity index (χ2n) is 3.98. The van der Waals surface area contributed by atoms with E-state index in [1.807, 2.05) is 12.1 Å². The molecule has 1 aliphatic rings. The van der Waals surface area contributed by atoms with E-state index >= 15 is 0 Å². The Labute approximate surface area is 89.7 Å². The molecule has 3 heteroatoms. The Balaban J connectivity index is 2.33. The summed E-state index contributed by atoms with van der Waals surface area (Å²) in [5.74, 6) is 0.482. The van der Waals surface area contributed by atoms with Crippen molar-refractivity contribution >= 4 is 5.97 Å². The molecule has 1 aromatic carbocycles. The van der Waals surface area contributed by atoms with Gasteiger partial charge in [-0.1, -0.05) is 12.1 Å². The van der Waals surface area contributed by atoms with Crippen LogP contribution in [0.2, 0.25) is 0 Å². The summed E-state index contributed by atoms with van der Waals surface area (Å²) in [5, 5.41) is 0. The molecule has 0 amide bonds. The highest BCUT2D eigenvalue weighted by atomic mass is 16.5. The Morgan fingerprint density at radius 2 is 2.27 bits per heavy atom. The molecule has 0 radical (unpaired) electrons. The van der Waals surface area contributed by atoms with Crippen LogP contribution in [0.25, 0.3) is 0 Å². The summed E-state index contributed by atoms with van der Waals surface area (Å²) < 4.78 is 5.19. The fraction of sp³-hybridized carbons (Fsp3) is 0.417. The molecule has 80 valence electrons. The van der Waals surface area contributed by atoms with Gasteiger partial charge >= 0.3 is 5.97 Å². The van der Waals surface area contributed by atoms with Crippen molar-refractivity contribution in [3.8, 4) is 5.75 Å². The first-order valence-corrected chi connectivity index (χ1v) is 5.14. The highest BCUT2D eigenvalue weighted by molar-refractivity contribution is 5.70. The summed E-state index contributed by atoms with van der Waals surface area (Å²) in [5.41, 5.74) is 2.45. The van der Waals surface area contributed by atoms with E-state index in [0.29, 0.717) is 0 Å². The number of rotatable bonds is 1. The van der Waals surface area contributed by atoms with Crippen molar-refractivity contribution in [3.63, 3.8) is 0 Å². The average molecular weight is 205 g/mol. The summed E-state index contributed by atoms with van der Waals surface area (Å²) in [4.78, 5) is 13.2. The SMILES string of the molecule is CC(=O)Oc1cccc2c1CCN(C)C2. The minimum Gasteiger partial charge on any atom is -0.426 e. The fourth-order valence-corrected chi connectivity index (χ4v) is 1.97. The summed E-state index contributed by atoms with van der Waals surface area (Å²) in [6.07, 6.45) is 0.954. The number of esters is 1. The van der Waals surface area contributed by atoms with Gasteiger partial charge < -0.3 is 9.64 Å². The minimum absolute atomic E-state index is 0.248. The van der Waals surface area contributed by atoms with Crippen LogP contribution in [0, 0.1) is 0 Å². The van der Waals surface area contributed by atoms with Crippen LogP contribution in [0.1, 0.15) is 18.1 Å². The van der Waals surface area contributed by atoms with Crippen molar-refractivity contribution in [1.29, 1.82) is 0 Å². The number of benzene rings is 1. The molecule has 2 rings (SSSR count). The van der Waals surface area contributed by atoms with Crippen molar-refractivity contribution in [3.05, 3.63) is 29.3 Å². The molecule has 15 heavy (non-hydrogen) atoms. The topological polar surface area (TPSA) is 29.5 Å². The van der Waals surface area contributed by atoms with Gasteiger partial charge in [-0.25, -0.2) is 0 Å². The first kappa shape index (κ1) is 10.2. The molecule has 1 aliphatic heterocycles. The van der Waals surface area contributed by atoms with Gasteiger partial charge in [0.1, 0.15) is 5.75 Å². The zero-order chi connectivity index (χ0) is 10.8. The molecule has 0 aliphatic carbocycles. The molecule has 0 saturated carbocycles. The monoisotopic (exact) mass is 205 g/mol. The van der Waals surface area contributed by atoms with Gasteiger partial charge in [-0.05, 0) is 25.1 Å². The predicted octanol–water partition coefficient (Wildman–Crippen LogP) is 1.60. The second kappa shape index (κ2) is 4.03. The summed E-state index contributed by atoms with van der Waals surface area (Å²) in [6, 6.07) is 5.90. The number of carbonyl (C=O) groups excluding carboxylic acids is 1. The molecule has 0 spiro atoms. The number of nitrogens with zero attached hydrogens (tertiary/aromatic N) is 1. The van der Waals surface area contributed by atoms with Gasteiger partial charge in [0.25, 0.3) is 0 Å². The molecule has 3 nitrogen and oxygen atoms in total. The van der Waals surface area contributed by atoms with Crippen molar-refractivity contribution in [2.24, 2.45) is 0 Å². The van der Waals surface area contributed by atoms with Gasteiger partial charge in [0.2, 0.25) is 0 Å². The molecule has 1 heterocycles. The van der Waals surface area contributed by atoms with E-state index in [4.69, 9.17) is 4.74 Å². The average Bonchev–Trinajstić information content (AvgIpc) is 2.16. The third-order valence-corrected chi connectivity index (χ3v) is 2.67. The van der Waals surface area contributed by atoms with E-state index in [1.165, 1.54) is 18.1 Å². The lowest BCUT2D eigenvalue weighted by Gasteiger charge is -2.26. The Morgan fingerprint density at radius 3 is 3.00 bits per heavy atom. The van der Waals surface area contributed by atoms with E-state index in [1.54, 1.807) is 0 Å². The number of fused-ring (bicyclic) bond motifs is 1. The van der Waals surface area contributed by atoms with Crippen LogP contribution in [0.4, 0.5) is 0 Å². The van der Waals surface area contributed by atoms with E-state index < -0.39 is 0 Å². The lowest BCUT2D eigenvalue weighted by molar-refractivity contribution is -0.131. The first-order chi connectivity index (χ1) is 7.16. The number of hydrogen-bond acceptors (Lipinski definition) is 3. The van der Waals surface area contributed by atoms with E-state index in [-0.39, 0.29) is 5.97 Å². The van der Waals surface area contributed by atoms with Gasteiger partial charge in [-0.15, -0.1) is 0 Å². The number of likely N-dealkylation sites (N-methyl/N-ethyl adjacent to an activating group) is 1. The van der Waals surface area contributed by atoms with Crippen LogP contribution in [-0.2, 0) is 17.8 Å². The van der Waals surface area contributed by atoms with Crippen LogP contribution in [0.15, 0.2) is 18.2 Å². The normalized spacial score (nSPS) is 15.9. The Kier molecular flexibility index (Phi) is 2.73. The largest absolute Gasteiger partial charge is 0.426 e. The van der Waals surface area contributed by atoms with Crippen molar-refractivity contribution in [2.45, 2.75) is 19.9 Å². The Morgan fingerprint density at radius 1 is 1.47 bits per heavy atom. The minimum atomic E-state index is -0.248. The van der Waals surface area contributed by atoms with Gasteiger partial charge in [-0.2, -0.15) is 0 Å². The van der Waals surface area contributed by atoms with Crippen molar-refractivity contribution < 1.29 is 9.53 Å². The number of carbonyl (C=O) groups is 1. The van der Waals surface area contributed by atoms with E-state index in [9.17, 15) is 4.79 Å². The highest BCUT2D eigenvalue weighted by Crippen LogP contribution is 2.27. The summed E-state index contributed by atoms with van der Waals surface area (Å²) in [7, 11) is 2.10. The molecular weight excluding hydrogens is 190 g/mol. The van der Waals surface area contributed by atoms with Gasteiger partial charge in [0.15, 0.2) is 0 Å². The Bertz CT molecular complexity index is 387. The van der Waals surface area contributed by atoms with Crippen LogP contribution in [0.3, 0.4) is 0 Å². The standard InChI is InChI=1S/C12H15NO2/c1-9(14)15-12-5-3-4-10-8-13(2)7-6-11(10)12/h3-5H,6-8H2,1-2H3.